The molecule has 0 aliphatic carbocycles. The Kier molecular flexibility index (Phi) is 4.16. The molecule has 0 saturated heterocycles. The van der Waals surface area contributed by atoms with Crippen molar-refractivity contribution in [2.75, 3.05) is 6.61 Å². The predicted molar refractivity (Wildman–Crippen MR) is 96.8 cm³/mol. The first-order chi connectivity index (χ1) is 12.6. The van der Waals surface area contributed by atoms with Gasteiger partial charge < -0.3 is 14.6 Å². The van der Waals surface area contributed by atoms with Crippen LogP contribution in [0.1, 0.15) is 34.7 Å². The number of benzene rings is 2. The largest absolute Gasteiger partial charge is 0.492 e. The molecule has 0 bridgehead atoms. The summed E-state index contributed by atoms with van der Waals surface area (Å²) in [4.78, 5) is 13.0. The molecule has 1 amide bonds. The summed E-state index contributed by atoms with van der Waals surface area (Å²) < 4.78 is 7.56. The molecule has 2 heterocycles. The Bertz CT molecular complexity index is 936. The minimum atomic E-state index is -0.373. The van der Waals surface area contributed by atoms with Crippen molar-refractivity contribution < 1.29 is 9.53 Å². The van der Waals surface area contributed by atoms with Crippen molar-refractivity contribution in [2.45, 2.75) is 18.9 Å². The Hall–Kier alpha value is -3.15. The smallest absolute Gasteiger partial charge is 0.232 e. The molecule has 1 aliphatic heterocycles. The molecule has 4 rings (SSSR count). The van der Waals surface area contributed by atoms with E-state index in [2.05, 4.69) is 15.5 Å². The number of aromatic nitrogens is 3. The molecule has 0 saturated carbocycles. The lowest BCUT2D eigenvalue weighted by molar-refractivity contribution is -0.123. The number of amides is 1. The molecule has 6 nitrogen and oxygen atoms in total. The van der Waals surface area contributed by atoms with E-state index < -0.39 is 0 Å². The molecule has 0 radical (unpaired) electrons. The van der Waals surface area contributed by atoms with Crippen molar-refractivity contribution in [3.05, 3.63) is 77.4 Å². The Morgan fingerprint density at radius 3 is 2.62 bits per heavy atom. The van der Waals surface area contributed by atoms with Gasteiger partial charge in [0.25, 0.3) is 0 Å². The Morgan fingerprint density at radius 1 is 1.15 bits per heavy atom. The van der Waals surface area contributed by atoms with Crippen LogP contribution in [0.15, 0.2) is 54.6 Å². The Labute approximate surface area is 151 Å². The molecule has 6 heteroatoms. The van der Waals surface area contributed by atoms with Crippen LogP contribution >= 0.6 is 0 Å². The molecule has 0 unspecified atom stereocenters. The highest BCUT2D eigenvalue weighted by atomic mass is 16.5. The van der Waals surface area contributed by atoms with Gasteiger partial charge in [-0.25, -0.2) is 0 Å². The fraction of sp³-hybridized carbons (Fsp3) is 0.250. The third-order valence-corrected chi connectivity index (χ3v) is 4.82. The van der Waals surface area contributed by atoms with Crippen molar-refractivity contribution in [1.82, 2.24) is 20.1 Å². The average Bonchev–Trinajstić information content (AvgIpc) is 3.25. The van der Waals surface area contributed by atoms with Gasteiger partial charge in [0.1, 0.15) is 30.1 Å². The maximum absolute atomic E-state index is 13.0. The number of nitrogens with zero attached hydrogens (tertiary/aromatic N) is 3. The number of carbonyl (C=O) groups is 1. The Morgan fingerprint density at radius 2 is 1.88 bits per heavy atom. The summed E-state index contributed by atoms with van der Waals surface area (Å²) in [5, 5.41) is 11.6. The summed E-state index contributed by atoms with van der Waals surface area (Å²) in [7, 11) is 1.90. The lowest BCUT2D eigenvalue weighted by Crippen LogP contribution is -2.35. The minimum Gasteiger partial charge on any atom is -0.492 e. The zero-order valence-corrected chi connectivity index (χ0v) is 14.7. The summed E-state index contributed by atoms with van der Waals surface area (Å²) in [6, 6.07) is 17.1. The third kappa shape index (κ3) is 2.83. The molecule has 0 fully saturated rings. The zero-order chi connectivity index (χ0) is 18.1. The van der Waals surface area contributed by atoms with Crippen molar-refractivity contribution in [3.8, 4) is 5.75 Å². The van der Waals surface area contributed by atoms with E-state index in [9.17, 15) is 4.79 Å². The third-order valence-electron chi connectivity index (χ3n) is 4.82. The summed E-state index contributed by atoms with van der Waals surface area (Å²) >= 11 is 0. The van der Waals surface area contributed by atoms with Gasteiger partial charge in [0, 0.05) is 12.6 Å². The molecule has 3 aromatic rings. The molecule has 26 heavy (non-hydrogen) atoms. The standard InChI is InChI=1S/C20H20N4O2/c1-13-22-23-19(24(13)2)18(14-8-4-3-5-9-14)21-20(25)16-12-26-17-11-7-6-10-15(16)17/h3-11,16,18H,12H2,1-2H3,(H,21,25)/t16-,18+/m0/s1. The van der Waals surface area contributed by atoms with Crippen molar-refractivity contribution in [3.63, 3.8) is 0 Å². The van der Waals surface area contributed by atoms with E-state index in [1.54, 1.807) is 0 Å². The summed E-state index contributed by atoms with van der Waals surface area (Å²) in [6.07, 6.45) is 0. The van der Waals surface area contributed by atoms with Crippen LogP contribution in [0.25, 0.3) is 0 Å². The van der Waals surface area contributed by atoms with Gasteiger partial charge in [0.2, 0.25) is 5.91 Å². The quantitative estimate of drug-likeness (QED) is 0.787. The van der Waals surface area contributed by atoms with Crippen LogP contribution in [-0.4, -0.2) is 27.3 Å². The molecule has 2 aromatic carbocycles. The molecule has 1 aliphatic rings. The van der Waals surface area contributed by atoms with E-state index in [1.807, 2.05) is 73.1 Å². The zero-order valence-electron chi connectivity index (χ0n) is 14.7. The molecular weight excluding hydrogens is 328 g/mol. The number of ether oxygens (including phenoxy) is 1. The fourth-order valence-corrected chi connectivity index (χ4v) is 3.24. The number of hydrogen-bond acceptors (Lipinski definition) is 4. The number of rotatable bonds is 4. The highest BCUT2D eigenvalue weighted by molar-refractivity contribution is 5.86. The lowest BCUT2D eigenvalue weighted by atomic mass is 9.99. The van der Waals surface area contributed by atoms with E-state index in [-0.39, 0.29) is 17.9 Å². The molecule has 1 aromatic heterocycles. The summed E-state index contributed by atoms with van der Waals surface area (Å²) in [6.45, 7) is 2.24. The molecular formula is C20H20N4O2. The maximum atomic E-state index is 13.0. The van der Waals surface area contributed by atoms with E-state index in [4.69, 9.17) is 4.74 Å². The van der Waals surface area contributed by atoms with Crippen LogP contribution in [0.3, 0.4) is 0 Å². The van der Waals surface area contributed by atoms with Crippen LogP contribution in [0.2, 0.25) is 0 Å². The highest BCUT2D eigenvalue weighted by Crippen LogP contribution is 2.34. The van der Waals surface area contributed by atoms with E-state index in [0.717, 1.165) is 22.7 Å². The Balaban J connectivity index is 1.66. The lowest BCUT2D eigenvalue weighted by Gasteiger charge is -2.20. The number of aryl methyl sites for hydroxylation is 1. The highest BCUT2D eigenvalue weighted by Gasteiger charge is 2.32. The SMILES string of the molecule is Cc1nnc([C@H](NC(=O)[C@H]2COc3ccccc32)c2ccccc2)n1C. The van der Waals surface area contributed by atoms with E-state index in [0.29, 0.717) is 12.4 Å². The van der Waals surface area contributed by atoms with Crippen molar-refractivity contribution >= 4 is 5.91 Å². The van der Waals surface area contributed by atoms with E-state index >= 15 is 0 Å². The van der Waals surface area contributed by atoms with E-state index in [1.165, 1.54) is 0 Å². The molecule has 1 N–H and O–H groups in total. The van der Waals surface area contributed by atoms with Crippen LogP contribution in [0.5, 0.6) is 5.75 Å². The first-order valence-electron chi connectivity index (χ1n) is 8.58. The van der Waals surface area contributed by atoms with Gasteiger partial charge >= 0.3 is 0 Å². The summed E-state index contributed by atoms with van der Waals surface area (Å²) in [5.74, 6) is 1.87. The second-order valence-corrected chi connectivity index (χ2v) is 6.42. The fourth-order valence-electron chi connectivity index (χ4n) is 3.24. The topological polar surface area (TPSA) is 69.0 Å². The van der Waals surface area contributed by atoms with Crippen molar-refractivity contribution in [1.29, 1.82) is 0 Å². The average molecular weight is 348 g/mol. The van der Waals surface area contributed by atoms with Gasteiger partial charge in [0.05, 0.1) is 0 Å². The second-order valence-electron chi connectivity index (χ2n) is 6.42. The van der Waals surface area contributed by atoms with Crippen molar-refractivity contribution in [2.24, 2.45) is 7.05 Å². The summed E-state index contributed by atoms with van der Waals surface area (Å²) in [5.41, 5.74) is 1.88. The number of carbonyl (C=O) groups excluding carboxylic acids is 1. The first-order valence-corrected chi connectivity index (χ1v) is 8.58. The van der Waals surface area contributed by atoms with Crippen LogP contribution in [0, 0.1) is 6.92 Å². The normalized spacial score (nSPS) is 16.6. The first kappa shape index (κ1) is 16.3. The van der Waals surface area contributed by atoms with Crippen LogP contribution in [-0.2, 0) is 11.8 Å². The van der Waals surface area contributed by atoms with Gasteiger partial charge in [0.15, 0.2) is 5.82 Å². The molecule has 2 atom stereocenters. The number of fused-ring (bicyclic) bond motifs is 1. The number of para-hydroxylation sites is 1. The van der Waals surface area contributed by atoms with Gasteiger partial charge in [-0.15, -0.1) is 10.2 Å². The number of nitrogens with one attached hydrogen (secondary N) is 1. The van der Waals surface area contributed by atoms with Gasteiger partial charge in [-0.2, -0.15) is 0 Å². The minimum absolute atomic E-state index is 0.0792. The number of hydrogen-bond donors (Lipinski definition) is 1. The maximum Gasteiger partial charge on any atom is 0.232 e. The van der Waals surface area contributed by atoms with Gasteiger partial charge in [-0.05, 0) is 18.6 Å². The van der Waals surface area contributed by atoms with Gasteiger partial charge in [-0.1, -0.05) is 48.5 Å². The molecule has 0 spiro atoms. The monoisotopic (exact) mass is 348 g/mol. The molecule has 132 valence electrons. The van der Waals surface area contributed by atoms with Crippen LogP contribution in [0.4, 0.5) is 0 Å². The van der Waals surface area contributed by atoms with Gasteiger partial charge in [-0.3, -0.25) is 4.79 Å². The second kappa shape index (κ2) is 6.63. The van der Waals surface area contributed by atoms with Crippen LogP contribution < -0.4 is 10.1 Å². The predicted octanol–water partition coefficient (Wildman–Crippen LogP) is 2.51.